The molecule has 0 fully saturated rings. The van der Waals surface area contributed by atoms with E-state index in [4.69, 9.17) is 11.6 Å². The van der Waals surface area contributed by atoms with Gasteiger partial charge in [0.2, 0.25) is 0 Å². The third kappa shape index (κ3) is 4.80. The van der Waals surface area contributed by atoms with Gasteiger partial charge >= 0.3 is 5.97 Å². The van der Waals surface area contributed by atoms with Gasteiger partial charge in [-0.05, 0) is 38.1 Å². The molecule has 2 aromatic rings. The van der Waals surface area contributed by atoms with E-state index in [9.17, 15) is 14.4 Å². The number of carbonyl (C=O) groups excluding carboxylic acids is 3. The Morgan fingerprint density at radius 3 is 2.31 bits per heavy atom. The average molecular weight is 376 g/mol. The van der Waals surface area contributed by atoms with E-state index in [1.807, 2.05) is 13.8 Å². The number of hydrogen-bond donors (Lipinski definition) is 2. The lowest BCUT2D eigenvalue weighted by atomic mass is 10.1. The molecular weight excluding hydrogens is 358 g/mol. The number of anilines is 1. The molecule has 1 heterocycles. The highest BCUT2D eigenvalue weighted by Crippen LogP contribution is 2.24. The molecule has 2 N–H and O–H groups in total. The predicted molar refractivity (Wildman–Crippen MR) is 97.6 cm³/mol. The Balaban J connectivity index is 2.23. The maximum absolute atomic E-state index is 12.5. The highest BCUT2D eigenvalue weighted by molar-refractivity contribution is 6.34. The number of esters is 1. The van der Waals surface area contributed by atoms with Crippen molar-refractivity contribution in [3.8, 4) is 0 Å². The number of aromatic nitrogens is 1. The first-order chi connectivity index (χ1) is 12.3. The van der Waals surface area contributed by atoms with Crippen LogP contribution < -0.4 is 10.6 Å². The van der Waals surface area contributed by atoms with Gasteiger partial charge in [0.1, 0.15) is 0 Å². The SMILES string of the molecule is COC(=O)c1ccc(Cl)c(NC(=O)c2cncc(C(=O)NC(C)C)c2)c1. The average Bonchev–Trinajstić information content (AvgIpc) is 2.62. The smallest absolute Gasteiger partial charge is 0.337 e. The number of methoxy groups -OCH3 is 1. The summed E-state index contributed by atoms with van der Waals surface area (Å²) in [5.74, 6) is -1.39. The fraction of sp³-hybridized carbons (Fsp3) is 0.222. The standard InChI is InChI=1S/C18H18ClN3O4/c1-10(2)21-16(23)12-6-13(9-20-8-12)17(24)22-15-7-11(18(25)26-3)4-5-14(15)19/h4-10H,1-3H3,(H,21,23)(H,22,24). The Kier molecular flexibility index (Phi) is 6.30. The maximum Gasteiger partial charge on any atom is 0.337 e. The number of rotatable bonds is 5. The minimum Gasteiger partial charge on any atom is -0.465 e. The van der Waals surface area contributed by atoms with Crippen molar-refractivity contribution >= 4 is 35.1 Å². The number of pyridine rings is 1. The second-order valence-corrected chi connectivity index (χ2v) is 6.14. The molecule has 0 bridgehead atoms. The Bertz CT molecular complexity index is 852. The van der Waals surface area contributed by atoms with Crippen LogP contribution in [-0.4, -0.2) is 35.9 Å². The molecule has 2 amide bonds. The van der Waals surface area contributed by atoms with Gasteiger partial charge in [0, 0.05) is 18.4 Å². The molecule has 0 atom stereocenters. The normalized spacial score (nSPS) is 10.3. The van der Waals surface area contributed by atoms with Crippen LogP contribution in [0.3, 0.4) is 0 Å². The lowest BCUT2D eigenvalue weighted by Gasteiger charge is -2.11. The fourth-order valence-electron chi connectivity index (χ4n) is 2.09. The zero-order valence-electron chi connectivity index (χ0n) is 14.5. The topological polar surface area (TPSA) is 97.4 Å². The molecule has 136 valence electrons. The first-order valence-corrected chi connectivity index (χ1v) is 8.14. The van der Waals surface area contributed by atoms with E-state index in [0.717, 1.165) is 0 Å². The largest absolute Gasteiger partial charge is 0.465 e. The van der Waals surface area contributed by atoms with Gasteiger partial charge in [-0.15, -0.1) is 0 Å². The Labute approximate surface area is 155 Å². The molecule has 7 nitrogen and oxygen atoms in total. The summed E-state index contributed by atoms with van der Waals surface area (Å²) in [6.07, 6.45) is 2.71. The minimum atomic E-state index is -0.550. The van der Waals surface area contributed by atoms with Crippen LogP contribution in [0.2, 0.25) is 5.02 Å². The lowest BCUT2D eigenvalue weighted by molar-refractivity contribution is 0.0600. The molecule has 0 spiro atoms. The first-order valence-electron chi connectivity index (χ1n) is 7.77. The molecule has 0 saturated carbocycles. The van der Waals surface area contributed by atoms with Crippen molar-refractivity contribution in [2.45, 2.75) is 19.9 Å². The van der Waals surface area contributed by atoms with E-state index >= 15 is 0 Å². The zero-order chi connectivity index (χ0) is 19.3. The molecule has 0 saturated heterocycles. The van der Waals surface area contributed by atoms with E-state index in [2.05, 4.69) is 20.4 Å². The summed E-state index contributed by atoms with van der Waals surface area (Å²) >= 11 is 6.07. The van der Waals surface area contributed by atoms with E-state index in [-0.39, 0.29) is 39.3 Å². The van der Waals surface area contributed by atoms with Crippen molar-refractivity contribution in [1.82, 2.24) is 10.3 Å². The molecule has 2 rings (SSSR count). The third-order valence-electron chi connectivity index (χ3n) is 3.32. The van der Waals surface area contributed by atoms with Gasteiger partial charge in [0.25, 0.3) is 11.8 Å². The number of halogens is 1. The Morgan fingerprint density at radius 2 is 1.69 bits per heavy atom. The quantitative estimate of drug-likeness (QED) is 0.783. The van der Waals surface area contributed by atoms with Gasteiger partial charge in [-0.3, -0.25) is 14.6 Å². The number of nitrogens with zero attached hydrogens (tertiary/aromatic N) is 1. The molecular formula is C18H18ClN3O4. The monoisotopic (exact) mass is 375 g/mol. The molecule has 0 unspecified atom stereocenters. The highest BCUT2D eigenvalue weighted by atomic mass is 35.5. The van der Waals surface area contributed by atoms with Crippen molar-refractivity contribution in [1.29, 1.82) is 0 Å². The van der Waals surface area contributed by atoms with Gasteiger partial charge < -0.3 is 15.4 Å². The van der Waals surface area contributed by atoms with Crippen LogP contribution in [-0.2, 0) is 4.74 Å². The fourth-order valence-corrected chi connectivity index (χ4v) is 2.26. The van der Waals surface area contributed by atoms with E-state index < -0.39 is 11.9 Å². The number of nitrogens with one attached hydrogen (secondary N) is 2. The molecule has 0 aliphatic carbocycles. The zero-order valence-corrected chi connectivity index (χ0v) is 15.3. The van der Waals surface area contributed by atoms with Crippen molar-refractivity contribution in [2.75, 3.05) is 12.4 Å². The van der Waals surface area contributed by atoms with Crippen LogP contribution in [0.4, 0.5) is 5.69 Å². The summed E-state index contributed by atoms with van der Waals surface area (Å²) in [5, 5.41) is 5.59. The van der Waals surface area contributed by atoms with E-state index in [0.29, 0.717) is 0 Å². The molecule has 0 aliphatic heterocycles. The van der Waals surface area contributed by atoms with Crippen molar-refractivity contribution < 1.29 is 19.1 Å². The van der Waals surface area contributed by atoms with Gasteiger partial charge in [-0.2, -0.15) is 0 Å². The van der Waals surface area contributed by atoms with Gasteiger partial charge in [-0.25, -0.2) is 4.79 Å². The number of amides is 2. The van der Waals surface area contributed by atoms with Gasteiger partial charge in [0.15, 0.2) is 0 Å². The van der Waals surface area contributed by atoms with E-state index in [1.54, 1.807) is 0 Å². The summed E-state index contributed by atoms with van der Waals surface area (Å²) in [7, 11) is 1.26. The summed E-state index contributed by atoms with van der Waals surface area (Å²) in [6, 6.07) is 5.77. The van der Waals surface area contributed by atoms with Crippen LogP contribution in [0, 0.1) is 0 Å². The Morgan fingerprint density at radius 1 is 1.04 bits per heavy atom. The van der Waals surface area contributed by atoms with Gasteiger partial charge in [0.05, 0.1) is 34.5 Å². The summed E-state index contributed by atoms with van der Waals surface area (Å²) in [6.45, 7) is 3.66. The molecule has 0 radical (unpaired) electrons. The number of hydrogen-bond acceptors (Lipinski definition) is 5. The molecule has 1 aromatic carbocycles. The van der Waals surface area contributed by atoms with Crippen molar-refractivity contribution in [2.24, 2.45) is 0 Å². The number of ether oxygens (including phenoxy) is 1. The van der Waals surface area contributed by atoms with Crippen LogP contribution in [0.15, 0.2) is 36.7 Å². The molecule has 26 heavy (non-hydrogen) atoms. The predicted octanol–water partition coefficient (Wildman–Crippen LogP) is 2.91. The Hall–Kier alpha value is -2.93. The molecule has 8 heteroatoms. The second-order valence-electron chi connectivity index (χ2n) is 5.73. The number of carbonyl (C=O) groups is 3. The third-order valence-corrected chi connectivity index (χ3v) is 3.65. The van der Waals surface area contributed by atoms with Crippen LogP contribution in [0.5, 0.6) is 0 Å². The lowest BCUT2D eigenvalue weighted by Crippen LogP contribution is -2.30. The second kappa shape index (κ2) is 8.44. The maximum atomic E-state index is 12.5. The number of benzene rings is 1. The van der Waals surface area contributed by atoms with Crippen LogP contribution >= 0.6 is 11.6 Å². The summed E-state index contributed by atoms with van der Waals surface area (Å²) < 4.78 is 4.65. The minimum absolute atomic E-state index is 0.0418. The van der Waals surface area contributed by atoms with Gasteiger partial charge in [-0.1, -0.05) is 11.6 Å². The summed E-state index contributed by atoms with van der Waals surface area (Å²) in [5.41, 5.74) is 0.939. The van der Waals surface area contributed by atoms with Crippen LogP contribution in [0.1, 0.15) is 44.9 Å². The van der Waals surface area contributed by atoms with Crippen LogP contribution in [0.25, 0.3) is 0 Å². The highest BCUT2D eigenvalue weighted by Gasteiger charge is 2.15. The van der Waals surface area contributed by atoms with E-state index in [1.165, 1.54) is 43.8 Å². The molecule has 0 aliphatic rings. The first kappa shape index (κ1) is 19.4. The molecule has 1 aromatic heterocycles. The van der Waals surface area contributed by atoms with Crippen molar-refractivity contribution in [3.05, 3.63) is 58.4 Å². The van der Waals surface area contributed by atoms with Crippen molar-refractivity contribution in [3.63, 3.8) is 0 Å². The summed E-state index contributed by atoms with van der Waals surface area (Å²) in [4.78, 5) is 40.0.